The van der Waals surface area contributed by atoms with Gasteiger partial charge in [-0.1, -0.05) is 12.1 Å². The van der Waals surface area contributed by atoms with Crippen molar-refractivity contribution in [3.63, 3.8) is 0 Å². The van der Waals surface area contributed by atoms with Crippen molar-refractivity contribution in [2.24, 2.45) is 16.8 Å². The van der Waals surface area contributed by atoms with E-state index in [1.807, 2.05) is 13.8 Å². The normalized spacial score (nSPS) is 20.0. The van der Waals surface area contributed by atoms with Crippen LogP contribution in [0.2, 0.25) is 0 Å². The summed E-state index contributed by atoms with van der Waals surface area (Å²) in [5.41, 5.74) is 2.14. The minimum Gasteiger partial charge on any atom is -0.469 e. The molecule has 2 rings (SSSR count). The van der Waals surface area contributed by atoms with Crippen LogP contribution >= 0.6 is 24.0 Å². The predicted molar refractivity (Wildman–Crippen MR) is 112 cm³/mol. The third-order valence-electron chi connectivity index (χ3n) is 4.78. The Kier molecular flexibility index (Phi) is 9.38. The van der Waals surface area contributed by atoms with Gasteiger partial charge in [0.05, 0.1) is 18.7 Å². The Bertz CT molecular complexity index is 598. The maximum Gasteiger partial charge on any atom is 0.310 e. The molecule has 0 aliphatic carbocycles. The van der Waals surface area contributed by atoms with Crippen LogP contribution < -0.4 is 5.32 Å². The van der Waals surface area contributed by atoms with Gasteiger partial charge >= 0.3 is 5.97 Å². The number of esters is 1. The van der Waals surface area contributed by atoms with E-state index < -0.39 is 0 Å². The van der Waals surface area contributed by atoms with Gasteiger partial charge in [-0.05, 0) is 39.5 Å². The fraction of sp³-hybridized carbons (Fsp3) is 0.722. The predicted octanol–water partition coefficient (Wildman–Crippen LogP) is 2.55. The second-order valence-corrected chi connectivity index (χ2v) is 6.65. The first kappa shape index (κ1) is 22.7. The van der Waals surface area contributed by atoms with Crippen molar-refractivity contribution < 1.29 is 14.1 Å². The number of nitrogens with zero attached hydrogens (tertiary/aromatic N) is 3. The summed E-state index contributed by atoms with van der Waals surface area (Å²) in [7, 11) is 1.45. The lowest BCUT2D eigenvalue weighted by molar-refractivity contribution is -0.145. The Morgan fingerprint density at radius 2 is 2.15 bits per heavy atom. The van der Waals surface area contributed by atoms with Crippen LogP contribution in [0.5, 0.6) is 0 Å². The minimum atomic E-state index is -0.135. The maximum atomic E-state index is 11.9. The molecule has 7 nitrogen and oxygen atoms in total. The molecule has 1 aliphatic heterocycles. The molecule has 1 aromatic rings. The zero-order chi connectivity index (χ0) is 18.4. The molecular formula is C18H31IN4O3. The summed E-state index contributed by atoms with van der Waals surface area (Å²) in [5, 5.41) is 7.32. The number of nitrogens with one attached hydrogen (secondary N) is 1. The first-order valence-electron chi connectivity index (χ1n) is 9.00. The van der Waals surface area contributed by atoms with Gasteiger partial charge in [0.2, 0.25) is 0 Å². The van der Waals surface area contributed by atoms with E-state index in [0.29, 0.717) is 6.54 Å². The lowest BCUT2D eigenvalue weighted by atomic mass is 9.99. The number of likely N-dealkylation sites (tertiary alicyclic amines) is 1. The second kappa shape index (κ2) is 10.7. The number of aromatic nitrogens is 1. The van der Waals surface area contributed by atoms with E-state index in [1.165, 1.54) is 12.7 Å². The molecule has 0 aromatic carbocycles. The number of hydrogen-bond donors (Lipinski definition) is 1. The molecule has 0 radical (unpaired) electrons. The van der Waals surface area contributed by atoms with Crippen molar-refractivity contribution in [1.29, 1.82) is 0 Å². The van der Waals surface area contributed by atoms with Crippen LogP contribution in [-0.2, 0) is 16.0 Å². The average molecular weight is 478 g/mol. The Morgan fingerprint density at radius 1 is 1.42 bits per heavy atom. The SMILES string of the molecule is CCNC(=NCCCc1c(C)noc1C)N1CC(C)C(C(=O)OC)C1.I. The molecule has 1 N–H and O–H groups in total. The van der Waals surface area contributed by atoms with Crippen molar-refractivity contribution in [2.45, 2.75) is 40.5 Å². The van der Waals surface area contributed by atoms with Gasteiger partial charge in [0.15, 0.2) is 5.96 Å². The quantitative estimate of drug-likeness (QED) is 0.223. The lowest BCUT2D eigenvalue weighted by Crippen LogP contribution is -2.40. The van der Waals surface area contributed by atoms with E-state index in [-0.39, 0.29) is 41.8 Å². The molecule has 0 saturated carbocycles. The summed E-state index contributed by atoms with van der Waals surface area (Å²) >= 11 is 0. The van der Waals surface area contributed by atoms with Gasteiger partial charge in [0.1, 0.15) is 5.76 Å². The number of halogens is 1. The summed E-state index contributed by atoms with van der Waals surface area (Å²) in [5.74, 6) is 1.81. The molecule has 1 aliphatic rings. The van der Waals surface area contributed by atoms with Crippen LogP contribution in [0.15, 0.2) is 9.52 Å². The van der Waals surface area contributed by atoms with Gasteiger partial charge in [-0.2, -0.15) is 0 Å². The smallest absolute Gasteiger partial charge is 0.310 e. The van der Waals surface area contributed by atoms with Gasteiger partial charge in [0.25, 0.3) is 0 Å². The van der Waals surface area contributed by atoms with Gasteiger partial charge in [-0.25, -0.2) is 0 Å². The van der Waals surface area contributed by atoms with Crippen molar-refractivity contribution in [3.8, 4) is 0 Å². The minimum absolute atomic E-state index is 0. The van der Waals surface area contributed by atoms with Crippen LogP contribution in [0, 0.1) is 25.7 Å². The summed E-state index contributed by atoms with van der Waals surface area (Å²) in [6.07, 6.45) is 1.84. The molecule has 2 unspecified atom stereocenters. The number of aliphatic imine (C=N–C) groups is 1. The summed E-state index contributed by atoms with van der Waals surface area (Å²) in [4.78, 5) is 18.8. The lowest BCUT2D eigenvalue weighted by Gasteiger charge is -2.21. The summed E-state index contributed by atoms with van der Waals surface area (Å²) in [6.45, 7) is 11.0. The van der Waals surface area contributed by atoms with Crippen LogP contribution in [0.3, 0.4) is 0 Å². The topological polar surface area (TPSA) is 80.0 Å². The number of rotatable bonds is 6. The molecular weight excluding hydrogens is 447 g/mol. The molecule has 148 valence electrons. The second-order valence-electron chi connectivity index (χ2n) is 6.65. The van der Waals surface area contributed by atoms with E-state index in [9.17, 15) is 4.79 Å². The Balaban J connectivity index is 0.00000338. The highest BCUT2D eigenvalue weighted by Crippen LogP contribution is 2.24. The summed E-state index contributed by atoms with van der Waals surface area (Å²) in [6, 6.07) is 0. The molecule has 8 heteroatoms. The largest absolute Gasteiger partial charge is 0.469 e. The number of carbonyl (C=O) groups is 1. The van der Waals surface area contributed by atoms with Crippen molar-refractivity contribution in [3.05, 3.63) is 17.0 Å². The van der Waals surface area contributed by atoms with Crippen molar-refractivity contribution in [1.82, 2.24) is 15.4 Å². The molecule has 0 amide bonds. The molecule has 2 heterocycles. The molecule has 1 saturated heterocycles. The number of methoxy groups -OCH3 is 1. The number of guanidine groups is 1. The first-order chi connectivity index (χ1) is 12.0. The van der Waals surface area contributed by atoms with Crippen molar-refractivity contribution >= 4 is 35.9 Å². The molecule has 26 heavy (non-hydrogen) atoms. The third-order valence-corrected chi connectivity index (χ3v) is 4.78. The zero-order valence-corrected chi connectivity index (χ0v) is 18.7. The van der Waals surface area contributed by atoms with Crippen molar-refractivity contribution in [2.75, 3.05) is 33.3 Å². The number of carbonyl (C=O) groups excluding carboxylic acids is 1. The molecule has 0 bridgehead atoms. The Hall–Kier alpha value is -1.32. The average Bonchev–Trinajstić information content (AvgIpc) is 3.13. The van der Waals surface area contributed by atoms with Crippen LogP contribution in [0.25, 0.3) is 0 Å². The molecule has 1 aromatic heterocycles. The van der Waals surface area contributed by atoms with Crippen LogP contribution in [-0.4, -0.2) is 55.3 Å². The van der Waals surface area contributed by atoms with Crippen LogP contribution in [0.4, 0.5) is 0 Å². The fourth-order valence-corrected chi connectivity index (χ4v) is 3.32. The Morgan fingerprint density at radius 3 is 2.73 bits per heavy atom. The zero-order valence-electron chi connectivity index (χ0n) is 16.4. The highest BCUT2D eigenvalue weighted by molar-refractivity contribution is 14.0. The summed E-state index contributed by atoms with van der Waals surface area (Å²) < 4.78 is 10.1. The molecule has 0 spiro atoms. The monoisotopic (exact) mass is 478 g/mol. The highest BCUT2D eigenvalue weighted by Gasteiger charge is 2.36. The Labute approximate surface area is 172 Å². The first-order valence-corrected chi connectivity index (χ1v) is 9.00. The van der Waals surface area contributed by atoms with Gasteiger partial charge < -0.3 is 19.5 Å². The van der Waals surface area contributed by atoms with E-state index in [2.05, 4.69) is 29.2 Å². The number of hydrogen-bond acceptors (Lipinski definition) is 5. The van der Waals surface area contributed by atoms with Gasteiger partial charge in [-0.15, -0.1) is 24.0 Å². The van der Waals surface area contributed by atoms with E-state index in [0.717, 1.165) is 49.9 Å². The van der Waals surface area contributed by atoms with E-state index in [1.54, 1.807) is 0 Å². The molecule has 1 fully saturated rings. The van der Waals surface area contributed by atoms with Gasteiger partial charge in [0, 0.05) is 31.7 Å². The molecule has 2 atom stereocenters. The standard InChI is InChI=1S/C18H30N4O3.HI/c1-6-19-18(22-10-12(2)16(11-22)17(23)24-5)20-9-7-8-15-13(3)21-25-14(15)4;/h12,16H,6-11H2,1-5H3,(H,19,20);1H. The highest BCUT2D eigenvalue weighted by atomic mass is 127. The van der Waals surface area contributed by atoms with Crippen LogP contribution in [0.1, 0.15) is 37.3 Å². The maximum absolute atomic E-state index is 11.9. The third kappa shape index (κ3) is 5.59. The number of ether oxygens (including phenoxy) is 1. The number of aryl methyl sites for hydroxylation is 2. The van der Waals surface area contributed by atoms with E-state index in [4.69, 9.17) is 14.3 Å². The fourth-order valence-electron chi connectivity index (χ4n) is 3.32. The van der Waals surface area contributed by atoms with Gasteiger partial charge in [-0.3, -0.25) is 9.79 Å². The van der Waals surface area contributed by atoms with E-state index >= 15 is 0 Å².